The minimum Gasteiger partial charge on any atom is -0.454 e. The van der Waals surface area contributed by atoms with E-state index >= 15 is 0 Å². The molecule has 2 aliphatic rings. The number of carbonyl (C=O) groups excluding carboxylic acids is 1. The Morgan fingerprint density at radius 1 is 1.04 bits per heavy atom. The molecule has 1 saturated heterocycles. The maximum absolute atomic E-state index is 12.4. The minimum atomic E-state index is -0.177. The summed E-state index contributed by atoms with van der Waals surface area (Å²) < 4.78 is 16.0. The van der Waals surface area contributed by atoms with Crippen LogP contribution >= 0.6 is 0 Å². The van der Waals surface area contributed by atoms with Gasteiger partial charge in [-0.25, -0.2) is 0 Å². The van der Waals surface area contributed by atoms with Gasteiger partial charge in [0.05, 0.1) is 24.6 Å². The number of fused-ring (bicyclic) bond motifs is 1. The lowest BCUT2D eigenvalue weighted by Crippen LogP contribution is -2.36. The number of rotatable bonds is 4. The number of amides is 1. The van der Waals surface area contributed by atoms with Crippen molar-refractivity contribution >= 4 is 23.4 Å². The van der Waals surface area contributed by atoms with Crippen molar-refractivity contribution in [2.45, 2.75) is 0 Å². The highest BCUT2D eigenvalue weighted by atomic mass is 16.7. The van der Waals surface area contributed by atoms with Gasteiger partial charge in [0.1, 0.15) is 0 Å². The van der Waals surface area contributed by atoms with Crippen molar-refractivity contribution in [1.29, 1.82) is 0 Å². The van der Waals surface area contributed by atoms with E-state index in [0.29, 0.717) is 19.0 Å². The molecule has 0 saturated carbocycles. The Morgan fingerprint density at radius 2 is 1.85 bits per heavy atom. The summed E-state index contributed by atoms with van der Waals surface area (Å²) in [5, 5.41) is 2.97. The summed E-state index contributed by atoms with van der Waals surface area (Å²) in [4.78, 5) is 14.6. The van der Waals surface area contributed by atoms with Gasteiger partial charge in [0.25, 0.3) is 0 Å². The monoisotopic (exact) mass is 352 g/mol. The number of morpholine rings is 1. The molecule has 2 aromatic carbocycles. The topological polar surface area (TPSA) is 60.0 Å². The van der Waals surface area contributed by atoms with Gasteiger partial charge in [-0.05, 0) is 35.9 Å². The summed E-state index contributed by atoms with van der Waals surface area (Å²) in [7, 11) is 0. The Balaban J connectivity index is 1.45. The van der Waals surface area contributed by atoms with Crippen LogP contribution in [0, 0.1) is 0 Å². The SMILES string of the molecule is O=C(C=Cc1ccc2c(c1)OCO2)Nc1ccccc1N1CCOCC1. The number of ether oxygens (including phenoxy) is 3. The van der Waals surface area contributed by atoms with Crippen LogP contribution in [0.5, 0.6) is 11.5 Å². The number of hydrogen-bond donors (Lipinski definition) is 1. The first-order valence-electron chi connectivity index (χ1n) is 8.60. The molecule has 1 N–H and O–H groups in total. The van der Waals surface area contributed by atoms with Crippen molar-refractivity contribution in [2.24, 2.45) is 0 Å². The minimum absolute atomic E-state index is 0.177. The molecule has 2 aromatic rings. The number of anilines is 2. The van der Waals surface area contributed by atoms with E-state index in [1.165, 1.54) is 6.08 Å². The van der Waals surface area contributed by atoms with Crippen LogP contribution in [0.15, 0.2) is 48.5 Å². The van der Waals surface area contributed by atoms with Gasteiger partial charge in [-0.3, -0.25) is 4.79 Å². The molecule has 6 heteroatoms. The average Bonchev–Trinajstić information content (AvgIpc) is 3.15. The number of benzene rings is 2. The molecule has 1 fully saturated rings. The summed E-state index contributed by atoms with van der Waals surface area (Å²) >= 11 is 0. The fraction of sp³-hybridized carbons (Fsp3) is 0.250. The molecule has 0 bridgehead atoms. The Bertz CT molecular complexity index is 828. The second-order valence-corrected chi connectivity index (χ2v) is 6.05. The quantitative estimate of drug-likeness (QED) is 0.858. The summed E-state index contributed by atoms with van der Waals surface area (Å²) in [6.07, 6.45) is 3.28. The highest BCUT2D eigenvalue weighted by Crippen LogP contribution is 2.33. The predicted octanol–water partition coefficient (Wildman–Crippen LogP) is 2.90. The molecule has 0 aliphatic carbocycles. The van der Waals surface area contributed by atoms with Gasteiger partial charge in [0.15, 0.2) is 11.5 Å². The van der Waals surface area contributed by atoms with Crippen LogP contribution < -0.4 is 19.7 Å². The van der Waals surface area contributed by atoms with Crippen molar-refractivity contribution in [1.82, 2.24) is 0 Å². The molecular formula is C20H20N2O4. The van der Waals surface area contributed by atoms with E-state index in [1.54, 1.807) is 6.08 Å². The van der Waals surface area contributed by atoms with E-state index in [1.807, 2.05) is 42.5 Å². The van der Waals surface area contributed by atoms with Crippen LogP contribution in [-0.4, -0.2) is 39.0 Å². The molecule has 0 unspecified atom stereocenters. The van der Waals surface area contributed by atoms with Crippen molar-refractivity contribution in [2.75, 3.05) is 43.3 Å². The van der Waals surface area contributed by atoms with Crippen LogP contribution in [0.2, 0.25) is 0 Å². The van der Waals surface area contributed by atoms with Gasteiger partial charge in [0.2, 0.25) is 12.7 Å². The summed E-state index contributed by atoms with van der Waals surface area (Å²) in [5.74, 6) is 1.25. The maximum Gasteiger partial charge on any atom is 0.248 e. The number of nitrogens with one attached hydrogen (secondary N) is 1. The van der Waals surface area contributed by atoms with Crippen molar-refractivity contribution in [3.63, 3.8) is 0 Å². The third-order valence-corrected chi connectivity index (χ3v) is 4.34. The van der Waals surface area contributed by atoms with Crippen LogP contribution in [0.4, 0.5) is 11.4 Å². The zero-order chi connectivity index (χ0) is 17.8. The fourth-order valence-corrected chi connectivity index (χ4v) is 3.02. The molecule has 0 spiro atoms. The van der Waals surface area contributed by atoms with E-state index in [4.69, 9.17) is 14.2 Å². The van der Waals surface area contributed by atoms with Crippen molar-refractivity contribution in [3.05, 3.63) is 54.1 Å². The van der Waals surface area contributed by atoms with Crippen LogP contribution in [0.25, 0.3) is 6.08 Å². The molecule has 6 nitrogen and oxygen atoms in total. The first-order valence-corrected chi connectivity index (χ1v) is 8.60. The third-order valence-electron chi connectivity index (χ3n) is 4.34. The van der Waals surface area contributed by atoms with Crippen LogP contribution in [-0.2, 0) is 9.53 Å². The number of para-hydroxylation sites is 2. The highest BCUT2D eigenvalue weighted by molar-refractivity contribution is 6.03. The Hall–Kier alpha value is -2.99. The van der Waals surface area contributed by atoms with Crippen LogP contribution in [0.3, 0.4) is 0 Å². The van der Waals surface area contributed by atoms with E-state index in [2.05, 4.69) is 10.2 Å². The van der Waals surface area contributed by atoms with E-state index < -0.39 is 0 Å². The summed E-state index contributed by atoms with van der Waals surface area (Å²) in [6.45, 7) is 3.28. The molecule has 26 heavy (non-hydrogen) atoms. The van der Waals surface area contributed by atoms with Crippen LogP contribution in [0.1, 0.15) is 5.56 Å². The standard InChI is InChI=1S/C20H20N2O4/c23-20(8-6-15-5-7-18-19(13-15)26-14-25-18)21-16-3-1-2-4-17(16)22-9-11-24-12-10-22/h1-8,13H,9-12,14H2,(H,21,23). The molecule has 2 aliphatic heterocycles. The van der Waals surface area contributed by atoms with Gasteiger partial charge in [-0.15, -0.1) is 0 Å². The molecule has 0 atom stereocenters. The zero-order valence-electron chi connectivity index (χ0n) is 14.3. The van der Waals surface area contributed by atoms with E-state index in [-0.39, 0.29) is 12.7 Å². The maximum atomic E-state index is 12.4. The lowest BCUT2D eigenvalue weighted by Gasteiger charge is -2.30. The lowest BCUT2D eigenvalue weighted by atomic mass is 10.2. The largest absolute Gasteiger partial charge is 0.454 e. The molecule has 0 radical (unpaired) electrons. The first-order chi connectivity index (χ1) is 12.8. The molecule has 4 rings (SSSR count). The Morgan fingerprint density at radius 3 is 2.73 bits per heavy atom. The van der Waals surface area contributed by atoms with Gasteiger partial charge >= 0.3 is 0 Å². The van der Waals surface area contributed by atoms with Gasteiger partial charge in [0, 0.05) is 19.2 Å². The Labute approximate surface area is 152 Å². The molecule has 1 amide bonds. The highest BCUT2D eigenvalue weighted by Gasteiger charge is 2.15. The molecule has 2 heterocycles. The van der Waals surface area contributed by atoms with Gasteiger partial charge in [-0.1, -0.05) is 18.2 Å². The number of carbonyl (C=O) groups is 1. The zero-order valence-corrected chi connectivity index (χ0v) is 14.3. The van der Waals surface area contributed by atoms with E-state index in [9.17, 15) is 4.79 Å². The predicted molar refractivity (Wildman–Crippen MR) is 99.7 cm³/mol. The van der Waals surface area contributed by atoms with Gasteiger partial charge in [-0.2, -0.15) is 0 Å². The second kappa shape index (κ2) is 7.49. The molecule has 0 aromatic heterocycles. The summed E-state index contributed by atoms with van der Waals surface area (Å²) in [5.41, 5.74) is 2.70. The average molecular weight is 352 g/mol. The molecule has 134 valence electrons. The molecular weight excluding hydrogens is 332 g/mol. The van der Waals surface area contributed by atoms with Crippen molar-refractivity contribution < 1.29 is 19.0 Å². The van der Waals surface area contributed by atoms with E-state index in [0.717, 1.165) is 35.8 Å². The number of nitrogens with zero attached hydrogens (tertiary/aromatic N) is 1. The smallest absolute Gasteiger partial charge is 0.248 e. The van der Waals surface area contributed by atoms with Crippen molar-refractivity contribution in [3.8, 4) is 11.5 Å². The normalized spacial score (nSPS) is 16.1. The third kappa shape index (κ3) is 3.65. The lowest BCUT2D eigenvalue weighted by molar-refractivity contribution is -0.111. The fourth-order valence-electron chi connectivity index (χ4n) is 3.02. The second-order valence-electron chi connectivity index (χ2n) is 6.05. The van der Waals surface area contributed by atoms with Gasteiger partial charge < -0.3 is 24.4 Å². The number of hydrogen-bond acceptors (Lipinski definition) is 5. The first kappa shape index (κ1) is 16.5. The summed E-state index contributed by atoms with van der Waals surface area (Å²) in [6, 6.07) is 13.4. The Kier molecular flexibility index (Phi) is 4.75.